The van der Waals surface area contributed by atoms with E-state index < -0.39 is 0 Å². The molecule has 0 aliphatic carbocycles. The van der Waals surface area contributed by atoms with E-state index in [1.807, 2.05) is 6.92 Å². The Morgan fingerprint density at radius 1 is 1.38 bits per heavy atom. The number of carbonyl (C=O) groups excluding carboxylic acids is 1. The van der Waals surface area contributed by atoms with Gasteiger partial charge in [-0.05, 0) is 6.42 Å². The van der Waals surface area contributed by atoms with Crippen molar-refractivity contribution in [2.45, 2.75) is 38.7 Å². The molecule has 3 nitrogen and oxygen atoms in total. The van der Waals surface area contributed by atoms with Gasteiger partial charge < -0.3 is 33.2 Å². The largest absolute Gasteiger partial charge is 1.00 e. The Morgan fingerprint density at radius 2 is 2.00 bits per heavy atom. The Kier molecular flexibility index (Phi) is 5.04. The van der Waals surface area contributed by atoms with Crippen molar-refractivity contribution in [1.82, 2.24) is 0 Å². The summed E-state index contributed by atoms with van der Waals surface area (Å²) in [7, 11) is 2.29. The van der Waals surface area contributed by atoms with Gasteiger partial charge >= 0.3 is 5.97 Å². The van der Waals surface area contributed by atoms with Crippen LogP contribution in [-0.4, -0.2) is 43.2 Å². The van der Waals surface area contributed by atoms with Gasteiger partial charge in [0.15, 0.2) is 6.10 Å². The third-order valence-corrected chi connectivity index (χ3v) is 3.96. The highest BCUT2D eigenvalue weighted by atomic mass is 127. The molecule has 4 heteroatoms. The van der Waals surface area contributed by atoms with Crippen LogP contribution in [0, 0.1) is 5.92 Å². The van der Waals surface area contributed by atoms with E-state index in [0.29, 0.717) is 12.3 Å². The number of rotatable bonds is 3. The fourth-order valence-electron chi connectivity index (χ4n) is 2.91. The molecule has 0 aromatic heterocycles. The summed E-state index contributed by atoms with van der Waals surface area (Å²) in [6.07, 6.45) is 4.15. The van der Waals surface area contributed by atoms with E-state index in [4.69, 9.17) is 4.74 Å². The Balaban J connectivity index is 0.00000128. The molecule has 16 heavy (non-hydrogen) atoms. The minimum absolute atomic E-state index is 0. The second-order valence-corrected chi connectivity index (χ2v) is 5.37. The Morgan fingerprint density at radius 3 is 2.50 bits per heavy atom. The number of quaternary nitrogens is 1. The molecule has 0 saturated carbocycles. The molecule has 3 fully saturated rings. The monoisotopic (exact) mass is 339 g/mol. The van der Waals surface area contributed by atoms with Crippen molar-refractivity contribution in [3.8, 4) is 0 Å². The van der Waals surface area contributed by atoms with Gasteiger partial charge in [-0.3, -0.25) is 4.79 Å². The normalized spacial score (nSPS) is 36.6. The second kappa shape index (κ2) is 5.67. The predicted octanol–water partition coefficient (Wildman–Crippen LogP) is -1.43. The van der Waals surface area contributed by atoms with Crippen molar-refractivity contribution in [3.63, 3.8) is 0 Å². The lowest BCUT2D eigenvalue weighted by molar-refractivity contribution is -0.928. The maximum Gasteiger partial charge on any atom is 0.306 e. The number of halogens is 1. The van der Waals surface area contributed by atoms with Crippen molar-refractivity contribution in [3.05, 3.63) is 0 Å². The molecule has 0 N–H and O–H groups in total. The zero-order valence-corrected chi connectivity index (χ0v) is 12.4. The van der Waals surface area contributed by atoms with Crippen molar-refractivity contribution < 1.29 is 38.0 Å². The van der Waals surface area contributed by atoms with Gasteiger partial charge in [0.25, 0.3) is 0 Å². The van der Waals surface area contributed by atoms with Crippen LogP contribution in [0.2, 0.25) is 0 Å². The summed E-state index contributed by atoms with van der Waals surface area (Å²) in [5, 5.41) is 0. The number of esters is 1. The van der Waals surface area contributed by atoms with Gasteiger partial charge in [0, 0.05) is 25.2 Å². The fourth-order valence-corrected chi connectivity index (χ4v) is 2.91. The summed E-state index contributed by atoms with van der Waals surface area (Å²) < 4.78 is 6.69. The number of hydrogen-bond donors (Lipinski definition) is 0. The van der Waals surface area contributed by atoms with Crippen LogP contribution < -0.4 is 24.0 Å². The highest BCUT2D eigenvalue weighted by molar-refractivity contribution is 5.69. The average Bonchev–Trinajstić information content (AvgIpc) is 2.18. The number of carbonyl (C=O) groups is 1. The number of fused-ring (bicyclic) bond motifs is 3. The Hall–Kier alpha value is 0.160. The van der Waals surface area contributed by atoms with Crippen molar-refractivity contribution >= 4 is 5.97 Å². The standard InChI is InChI=1S/C12H22NO2.HI/c1-3-4-12(14)15-11-9-13(2)7-5-10(11)6-8-13;/h10-11H,3-9H2,1-2H3;1H/q+1;/p-1. The lowest BCUT2D eigenvalue weighted by Crippen LogP contribution is -3.00. The van der Waals surface area contributed by atoms with Gasteiger partial charge in [-0.15, -0.1) is 0 Å². The maximum atomic E-state index is 11.5. The molecule has 3 aliphatic heterocycles. The first-order valence-electron chi connectivity index (χ1n) is 6.16. The molecule has 2 bridgehead atoms. The molecule has 0 spiro atoms. The SMILES string of the molecule is CCCC(=O)OC1C[N+]2(C)CCC1CC2.[I-]. The van der Waals surface area contributed by atoms with E-state index in [2.05, 4.69) is 7.05 Å². The van der Waals surface area contributed by atoms with Gasteiger partial charge in [0.2, 0.25) is 0 Å². The fraction of sp³-hybridized carbons (Fsp3) is 0.917. The number of likely N-dealkylation sites (N-methyl/N-ethyl adjacent to an activating group) is 1. The van der Waals surface area contributed by atoms with Gasteiger partial charge in [-0.25, -0.2) is 0 Å². The van der Waals surface area contributed by atoms with Crippen LogP contribution in [0.15, 0.2) is 0 Å². The van der Waals surface area contributed by atoms with Crippen LogP contribution in [0.1, 0.15) is 32.6 Å². The van der Waals surface area contributed by atoms with E-state index in [9.17, 15) is 4.79 Å². The van der Waals surface area contributed by atoms with Crippen LogP contribution >= 0.6 is 0 Å². The van der Waals surface area contributed by atoms with Crippen molar-refractivity contribution in [1.29, 1.82) is 0 Å². The summed E-state index contributed by atoms with van der Waals surface area (Å²) >= 11 is 0. The minimum atomic E-state index is 0. The molecule has 0 amide bonds. The first-order chi connectivity index (χ1) is 7.13. The smallest absolute Gasteiger partial charge is 0.306 e. The summed E-state index contributed by atoms with van der Waals surface area (Å²) in [6, 6.07) is 0. The minimum Gasteiger partial charge on any atom is -1.00 e. The van der Waals surface area contributed by atoms with Gasteiger partial charge in [0.05, 0.1) is 20.1 Å². The second-order valence-electron chi connectivity index (χ2n) is 5.37. The molecular formula is C12H22INO2. The van der Waals surface area contributed by atoms with Crippen LogP contribution in [-0.2, 0) is 9.53 Å². The zero-order chi connectivity index (χ0) is 10.9. The van der Waals surface area contributed by atoms with E-state index in [0.717, 1.165) is 17.4 Å². The molecule has 1 atom stereocenters. The number of nitrogens with zero attached hydrogens (tertiary/aromatic N) is 1. The van der Waals surface area contributed by atoms with Gasteiger partial charge in [-0.2, -0.15) is 0 Å². The third-order valence-electron chi connectivity index (χ3n) is 3.96. The molecule has 3 saturated heterocycles. The van der Waals surface area contributed by atoms with Crippen LogP contribution in [0.4, 0.5) is 0 Å². The number of ether oxygens (including phenoxy) is 1. The highest BCUT2D eigenvalue weighted by Gasteiger charge is 2.44. The summed E-state index contributed by atoms with van der Waals surface area (Å²) in [4.78, 5) is 11.5. The molecule has 0 aromatic rings. The van der Waals surface area contributed by atoms with Gasteiger partial charge in [0.1, 0.15) is 6.54 Å². The Labute approximate surface area is 115 Å². The highest BCUT2D eigenvalue weighted by Crippen LogP contribution is 2.34. The number of hydrogen-bond acceptors (Lipinski definition) is 2. The van der Waals surface area contributed by atoms with Gasteiger partial charge in [-0.1, -0.05) is 6.92 Å². The predicted molar refractivity (Wildman–Crippen MR) is 58.3 cm³/mol. The topological polar surface area (TPSA) is 26.3 Å². The quantitative estimate of drug-likeness (QED) is 0.358. The first kappa shape index (κ1) is 14.2. The lowest BCUT2D eigenvalue weighted by atomic mass is 9.84. The molecule has 0 radical (unpaired) electrons. The van der Waals surface area contributed by atoms with E-state index in [1.54, 1.807) is 0 Å². The van der Waals surface area contributed by atoms with Crippen molar-refractivity contribution in [2.24, 2.45) is 5.92 Å². The summed E-state index contributed by atoms with van der Waals surface area (Å²) in [5.74, 6) is 0.647. The molecule has 3 aliphatic rings. The molecule has 3 rings (SSSR count). The summed E-state index contributed by atoms with van der Waals surface area (Å²) in [5.41, 5.74) is 0. The average molecular weight is 339 g/mol. The molecular weight excluding hydrogens is 317 g/mol. The van der Waals surface area contributed by atoms with Crippen LogP contribution in [0.5, 0.6) is 0 Å². The maximum absolute atomic E-state index is 11.5. The first-order valence-corrected chi connectivity index (χ1v) is 6.16. The van der Waals surface area contributed by atoms with E-state index in [1.165, 1.54) is 25.9 Å². The lowest BCUT2D eigenvalue weighted by Gasteiger charge is -2.49. The van der Waals surface area contributed by atoms with Crippen LogP contribution in [0.3, 0.4) is 0 Å². The van der Waals surface area contributed by atoms with Crippen LogP contribution in [0.25, 0.3) is 0 Å². The zero-order valence-electron chi connectivity index (χ0n) is 10.2. The number of piperidine rings is 3. The molecule has 94 valence electrons. The molecule has 0 aromatic carbocycles. The van der Waals surface area contributed by atoms with E-state index >= 15 is 0 Å². The molecule has 1 unspecified atom stereocenters. The third kappa shape index (κ3) is 3.09. The van der Waals surface area contributed by atoms with E-state index in [-0.39, 0.29) is 36.0 Å². The summed E-state index contributed by atoms with van der Waals surface area (Å²) in [6.45, 7) is 5.60. The van der Waals surface area contributed by atoms with Crippen molar-refractivity contribution in [2.75, 3.05) is 26.7 Å². The Bertz CT molecular complexity index is 249. The molecule has 3 heterocycles.